The zero-order valence-corrected chi connectivity index (χ0v) is 4.58. The van der Waals surface area contributed by atoms with Crippen molar-refractivity contribution < 1.29 is 4.76 Å². The fraction of sp³-hybridized carbons (Fsp3) is 0.667. The quantitative estimate of drug-likeness (QED) is 0.332. The SMILES string of the molecule is O=[N+]1CC2C=CC1C2. The Bertz CT molecular complexity index is 162. The molecule has 0 aromatic heterocycles. The van der Waals surface area contributed by atoms with E-state index in [2.05, 4.69) is 6.08 Å². The van der Waals surface area contributed by atoms with Crippen LogP contribution < -0.4 is 0 Å². The minimum absolute atomic E-state index is 0.236. The zero-order valence-electron chi connectivity index (χ0n) is 4.58. The first-order chi connectivity index (χ1) is 3.86. The highest BCUT2D eigenvalue weighted by Gasteiger charge is 2.40. The summed E-state index contributed by atoms with van der Waals surface area (Å²) in [5, 5.41) is 0. The van der Waals surface area contributed by atoms with Gasteiger partial charge in [-0.1, -0.05) is 6.08 Å². The minimum atomic E-state index is 0.236. The van der Waals surface area contributed by atoms with Gasteiger partial charge >= 0.3 is 0 Å². The van der Waals surface area contributed by atoms with E-state index in [1.165, 1.54) is 4.76 Å². The highest BCUT2D eigenvalue weighted by Crippen LogP contribution is 2.27. The highest BCUT2D eigenvalue weighted by atomic mass is 16.3. The molecule has 2 aliphatic rings. The van der Waals surface area contributed by atoms with Crippen LogP contribution in [-0.4, -0.2) is 17.3 Å². The highest BCUT2D eigenvalue weighted by molar-refractivity contribution is 5.05. The molecule has 0 amide bonds. The van der Waals surface area contributed by atoms with Gasteiger partial charge in [0.25, 0.3) is 0 Å². The Labute approximate surface area is 47.8 Å². The van der Waals surface area contributed by atoms with Crippen LogP contribution in [0.25, 0.3) is 0 Å². The van der Waals surface area contributed by atoms with Crippen LogP contribution in [0.3, 0.4) is 0 Å². The third-order valence-corrected chi connectivity index (χ3v) is 1.93. The maximum atomic E-state index is 10.7. The molecule has 42 valence electrons. The molecule has 0 radical (unpaired) electrons. The van der Waals surface area contributed by atoms with Gasteiger partial charge in [-0.2, -0.15) is 0 Å². The monoisotopic (exact) mass is 110 g/mol. The summed E-state index contributed by atoms with van der Waals surface area (Å²) >= 11 is 0. The molecule has 0 spiro atoms. The summed E-state index contributed by atoms with van der Waals surface area (Å²) in [5.41, 5.74) is 0. The second-order valence-electron chi connectivity index (χ2n) is 2.55. The molecule has 2 bridgehead atoms. The Morgan fingerprint density at radius 2 is 2.38 bits per heavy atom. The van der Waals surface area contributed by atoms with Crippen molar-refractivity contribution in [3.05, 3.63) is 17.1 Å². The van der Waals surface area contributed by atoms with E-state index in [1.54, 1.807) is 0 Å². The van der Waals surface area contributed by atoms with Crippen LogP contribution in [0.2, 0.25) is 0 Å². The van der Waals surface area contributed by atoms with Gasteiger partial charge < -0.3 is 0 Å². The third kappa shape index (κ3) is 0.377. The molecule has 2 rings (SSSR count). The van der Waals surface area contributed by atoms with Crippen molar-refractivity contribution in [3.8, 4) is 0 Å². The Hall–Kier alpha value is -0.660. The van der Waals surface area contributed by atoms with E-state index in [0.717, 1.165) is 13.0 Å². The Kier molecular flexibility index (Phi) is 0.629. The molecule has 2 heteroatoms. The van der Waals surface area contributed by atoms with Crippen LogP contribution in [0.4, 0.5) is 0 Å². The molecule has 2 nitrogen and oxygen atoms in total. The lowest BCUT2D eigenvalue weighted by Crippen LogP contribution is -2.14. The van der Waals surface area contributed by atoms with Crippen LogP contribution in [0, 0.1) is 10.8 Å². The van der Waals surface area contributed by atoms with Crippen molar-refractivity contribution >= 4 is 0 Å². The third-order valence-electron chi connectivity index (χ3n) is 1.93. The molecule has 2 unspecified atom stereocenters. The zero-order chi connectivity index (χ0) is 5.56. The fourth-order valence-electron chi connectivity index (χ4n) is 1.47. The standard InChI is InChI=1S/C6H8NO/c8-7-4-5-1-2-6(7)3-5/h1-2,5-6H,3-4H2/q+1. The van der Waals surface area contributed by atoms with Gasteiger partial charge in [0, 0.05) is 22.0 Å². The Morgan fingerprint density at radius 3 is 2.62 bits per heavy atom. The normalized spacial score (nSPS) is 41.8. The topological polar surface area (TPSA) is 20.1 Å². The molecule has 1 heterocycles. The molecule has 1 aliphatic carbocycles. The van der Waals surface area contributed by atoms with E-state index in [4.69, 9.17) is 0 Å². The predicted molar refractivity (Wildman–Crippen MR) is 29.5 cm³/mol. The number of hydrogen-bond donors (Lipinski definition) is 0. The van der Waals surface area contributed by atoms with E-state index < -0.39 is 0 Å². The maximum Gasteiger partial charge on any atom is 0.220 e. The van der Waals surface area contributed by atoms with Crippen LogP contribution in [0.5, 0.6) is 0 Å². The second-order valence-corrected chi connectivity index (χ2v) is 2.55. The van der Waals surface area contributed by atoms with Crippen molar-refractivity contribution in [1.82, 2.24) is 0 Å². The van der Waals surface area contributed by atoms with Gasteiger partial charge in [-0.15, -0.1) is 0 Å². The van der Waals surface area contributed by atoms with Crippen LogP contribution in [0.15, 0.2) is 12.2 Å². The number of hydrogen-bond acceptors (Lipinski definition) is 1. The van der Waals surface area contributed by atoms with Gasteiger partial charge in [-0.3, -0.25) is 0 Å². The number of nitroso groups, excluding NO2 is 1. The smallest absolute Gasteiger partial charge is 0.0721 e. The van der Waals surface area contributed by atoms with Crippen LogP contribution in [0.1, 0.15) is 6.42 Å². The van der Waals surface area contributed by atoms with Crippen molar-refractivity contribution in [2.75, 3.05) is 6.54 Å². The van der Waals surface area contributed by atoms with E-state index in [9.17, 15) is 4.91 Å². The molecule has 1 fully saturated rings. The molecule has 2 atom stereocenters. The van der Waals surface area contributed by atoms with Crippen LogP contribution in [-0.2, 0) is 0 Å². The fourth-order valence-corrected chi connectivity index (χ4v) is 1.47. The summed E-state index contributed by atoms with van der Waals surface area (Å²) in [6.07, 6.45) is 5.24. The summed E-state index contributed by atoms with van der Waals surface area (Å²) < 4.78 is 1.17. The molecule has 8 heavy (non-hydrogen) atoms. The van der Waals surface area contributed by atoms with Crippen molar-refractivity contribution in [1.29, 1.82) is 0 Å². The van der Waals surface area contributed by atoms with E-state index >= 15 is 0 Å². The van der Waals surface area contributed by atoms with Gasteiger partial charge in [0.2, 0.25) is 6.04 Å². The number of fused-ring (bicyclic) bond motifs is 2. The maximum absolute atomic E-state index is 10.7. The Balaban J connectivity index is 2.35. The predicted octanol–water partition coefficient (Wildman–Crippen LogP) is 0.724. The van der Waals surface area contributed by atoms with Gasteiger partial charge in [-0.05, 0) is 6.08 Å². The lowest BCUT2D eigenvalue weighted by atomic mass is 10.2. The van der Waals surface area contributed by atoms with E-state index in [0.29, 0.717) is 5.92 Å². The van der Waals surface area contributed by atoms with Gasteiger partial charge in [0.15, 0.2) is 6.54 Å². The summed E-state index contributed by atoms with van der Waals surface area (Å²) in [5.74, 6) is 0.581. The largest absolute Gasteiger partial charge is 0.220 e. The summed E-state index contributed by atoms with van der Waals surface area (Å²) in [6, 6.07) is 0.236. The van der Waals surface area contributed by atoms with Crippen molar-refractivity contribution in [3.63, 3.8) is 0 Å². The molecule has 1 saturated heterocycles. The lowest BCUT2D eigenvalue weighted by Gasteiger charge is -1.90. The molecule has 0 N–H and O–H groups in total. The van der Waals surface area contributed by atoms with E-state index in [-0.39, 0.29) is 6.04 Å². The van der Waals surface area contributed by atoms with E-state index in [1.807, 2.05) is 6.08 Å². The molecule has 0 aromatic rings. The van der Waals surface area contributed by atoms with Gasteiger partial charge in [0.05, 0.1) is 0 Å². The molecular weight excluding hydrogens is 102 g/mol. The Morgan fingerprint density at radius 1 is 1.50 bits per heavy atom. The van der Waals surface area contributed by atoms with Gasteiger partial charge in [0.1, 0.15) is 0 Å². The van der Waals surface area contributed by atoms with Crippen molar-refractivity contribution in [2.45, 2.75) is 12.5 Å². The summed E-state index contributed by atoms with van der Waals surface area (Å²) in [7, 11) is 0. The second kappa shape index (κ2) is 1.19. The lowest BCUT2D eigenvalue weighted by molar-refractivity contribution is -0.557. The number of nitrogens with zero attached hydrogens (tertiary/aromatic N) is 1. The molecular formula is C6H8NO+. The van der Waals surface area contributed by atoms with Crippen molar-refractivity contribution in [2.24, 2.45) is 5.92 Å². The minimum Gasteiger partial charge on any atom is -0.0721 e. The average Bonchev–Trinajstić information content (AvgIpc) is 2.23. The van der Waals surface area contributed by atoms with Crippen LogP contribution >= 0.6 is 0 Å². The molecule has 0 aromatic carbocycles. The average molecular weight is 110 g/mol. The first-order valence-corrected chi connectivity index (χ1v) is 2.98. The molecule has 0 saturated carbocycles. The summed E-state index contributed by atoms with van der Waals surface area (Å²) in [4.78, 5) is 10.7. The number of rotatable bonds is 0. The molecule has 1 aliphatic heterocycles. The van der Waals surface area contributed by atoms with Gasteiger partial charge in [-0.25, -0.2) is 0 Å². The first kappa shape index (κ1) is 4.24. The first-order valence-electron chi connectivity index (χ1n) is 2.98. The summed E-state index contributed by atoms with van der Waals surface area (Å²) in [6.45, 7) is 0.737.